The molecule has 1 amide bonds. The van der Waals surface area contributed by atoms with Gasteiger partial charge in [-0.05, 0) is 35.9 Å². The third kappa shape index (κ3) is 5.74. The maximum absolute atomic E-state index is 12.0. The Morgan fingerprint density at radius 1 is 1.22 bits per heavy atom. The summed E-state index contributed by atoms with van der Waals surface area (Å²) in [6.07, 6.45) is 1.34. The number of halogens is 2. The molecule has 0 saturated heterocycles. The van der Waals surface area contributed by atoms with Gasteiger partial charge in [-0.3, -0.25) is 4.79 Å². The summed E-state index contributed by atoms with van der Waals surface area (Å²) in [5.41, 5.74) is 0.618. The predicted molar refractivity (Wildman–Crippen MR) is 103 cm³/mol. The molecule has 0 spiro atoms. The van der Waals surface area contributed by atoms with Crippen LogP contribution >= 0.6 is 23.2 Å². The number of amides is 1. The van der Waals surface area contributed by atoms with Crippen LogP contribution in [0.25, 0.3) is 6.08 Å². The Kier molecular flexibility index (Phi) is 7.24. The minimum atomic E-state index is -0.923. The minimum Gasteiger partial charge on any atom is -0.497 e. The fourth-order valence-electron chi connectivity index (χ4n) is 2.03. The average Bonchev–Trinajstić information content (AvgIpc) is 2.68. The maximum Gasteiger partial charge on any atom is 0.349 e. The van der Waals surface area contributed by atoms with E-state index >= 15 is 0 Å². The molecule has 0 aromatic heterocycles. The van der Waals surface area contributed by atoms with Gasteiger partial charge in [0.25, 0.3) is 5.91 Å². The van der Waals surface area contributed by atoms with Crippen LogP contribution in [0.1, 0.15) is 5.56 Å². The number of carbonyl (C=O) groups is 2. The van der Waals surface area contributed by atoms with Crippen molar-refractivity contribution < 1.29 is 19.1 Å². The van der Waals surface area contributed by atoms with Crippen LogP contribution < -0.4 is 10.1 Å². The molecule has 0 heterocycles. The van der Waals surface area contributed by atoms with Crippen LogP contribution in [0.3, 0.4) is 0 Å². The first-order chi connectivity index (χ1) is 12.9. The van der Waals surface area contributed by atoms with Crippen LogP contribution in [0.2, 0.25) is 10.0 Å². The van der Waals surface area contributed by atoms with Crippen LogP contribution in [-0.4, -0.2) is 25.6 Å². The highest BCUT2D eigenvalue weighted by Crippen LogP contribution is 2.29. The van der Waals surface area contributed by atoms with E-state index < -0.39 is 18.5 Å². The van der Waals surface area contributed by atoms with E-state index in [1.54, 1.807) is 48.5 Å². The number of benzene rings is 2. The van der Waals surface area contributed by atoms with Gasteiger partial charge in [0.05, 0.1) is 22.8 Å². The lowest BCUT2D eigenvalue weighted by Gasteiger charge is -2.08. The van der Waals surface area contributed by atoms with Crippen LogP contribution in [-0.2, 0) is 14.3 Å². The number of methoxy groups -OCH3 is 1. The van der Waals surface area contributed by atoms with Crippen molar-refractivity contribution >= 4 is 46.8 Å². The first kappa shape index (κ1) is 20.3. The first-order valence-corrected chi connectivity index (χ1v) is 8.37. The SMILES string of the molecule is COc1cccc(/C=C(\C#N)C(=O)OCC(=O)Nc2cccc(Cl)c2Cl)c1. The maximum atomic E-state index is 12.0. The van der Waals surface area contributed by atoms with Crippen LogP contribution in [0.4, 0.5) is 5.69 Å². The molecule has 0 atom stereocenters. The lowest BCUT2D eigenvalue weighted by atomic mass is 10.1. The average molecular weight is 405 g/mol. The highest BCUT2D eigenvalue weighted by molar-refractivity contribution is 6.44. The Morgan fingerprint density at radius 2 is 1.96 bits per heavy atom. The molecule has 0 aliphatic carbocycles. The number of hydrogen-bond acceptors (Lipinski definition) is 5. The molecule has 8 heteroatoms. The zero-order valence-corrected chi connectivity index (χ0v) is 15.7. The molecule has 0 radical (unpaired) electrons. The fourth-order valence-corrected chi connectivity index (χ4v) is 2.38. The van der Waals surface area contributed by atoms with Crippen molar-refractivity contribution in [1.29, 1.82) is 5.26 Å². The molecular formula is C19H14Cl2N2O4. The molecule has 2 aromatic carbocycles. The van der Waals surface area contributed by atoms with E-state index in [2.05, 4.69) is 5.32 Å². The number of esters is 1. The second-order valence-electron chi connectivity index (χ2n) is 5.17. The third-order valence-corrected chi connectivity index (χ3v) is 4.12. The quantitative estimate of drug-likeness (QED) is 0.444. The molecule has 1 N–H and O–H groups in total. The van der Waals surface area contributed by atoms with Gasteiger partial charge in [0.15, 0.2) is 6.61 Å². The molecule has 0 aliphatic heterocycles. The predicted octanol–water partition coefficient (Wildman–Crippen LogP) is 4.09. The van der Waals surface area contributed by atoms with Crippen molar-refractivity contribution in [3.63, 3.8) is 0 Å². The number of nitriles is 1. The second kappa shape index (κ2) is 9.62. The van der Waals surface area contributed by atoms with E-state index in [0.29, 0.717) is 11.3 Å². The number of nitrogens with one attached hydrogen (secondary N) is 1. The van der Waals surface area contributed by atoms with Gasteiger partial charge in [0, 0.05) is 0 Å². The van der Waals surface area contributed by atoms with Crippen molar-refractivity contribution in [3.8, 4) is 11.8 Å². The molecule has 6 nitrogen and oxygen atoms in total. The summed E-state index contributed by atoms with van der Waals surface area (Å²) in [6.45, 7) is -0.585. The van der Waals surface area contributed by atoms with Gasteiger partial charge in [-0.15, -0.1) is 0 Å². The molecule has 0 bridgehead atoms. The molecule has 2 aromatic rings. The van der Waals surface area contributed by atoms with E-state index in [-0.39, 0.29) is 21.3 Å². The number of ether oxygens (including phenoxy) is 2. The van der Waals surface area contributed by atoms with Gasteiger partial charge in [-0.2, -0.15) is 5.26 Å². The Labute approximate surface area is 165 Å². The molecule has 27 heavy (non-hydrogen) atoms. The summed E-state index contributed by atoms with van der Waals surface area (Å²) >= 11 is 11.8. The topological polar surface area (TPSA) is 88.4 Å². The zero-order chi connectivity index (χ0) is 19.8. The van der Waals surface area contributed by atoms with E-state index in [4.69, 9.17) is 37.9 Å². The highest BCUT2D eigenvalue weighted by atomic mass is 35.5. The molecule has 2 rings (SSSR count). The largest absolute Gasteiger partial charge is 0.497 e. The smallest absolute Gasteiger partial charge is 0.349 e. The van der Waals surface area contributed by atoms with Crippen molar-refractivity contribution in [2.24, 2.45) is 0 Å². The normalized spacial score (nSPS) is 10.7. The van der Waals surface area contributed by atoms with Crippen molar-refractivity contribution in [2.45, 2.75) is 0 Å². The third-order valence-electron chi connectivity index (χ3n) is 3.31. The summed E-state index contributed by atoms with van der Waals surface area (Å²) < 4.78 is 9.96. The van der Waals surface area contributed by atoms with E-state index in [0.717, 1.165) is 0 Å². The molecular weight excluding hydrogens is 391 g/mol. The van der Waals surface area contributed by atoms with Crippen molar-refractivity contribution in [1.82, 2.24) is 0 Å². The number of rotatable bonds is 6. The molecule has 138 valence electrons. The standard InChI is InChI=1S/C19H14Cl2N2O4/c1-26-14-5-2-4-12(9-14)8-13(10-22)19(25)27-11-17(24)23-16-7-3-6-15(20)18(16)21/h2-9H,11H2,1H3,(H,23,24)/b13-8+. The number of nitrogens with zero attached hydrogens (tertiary/aromatic N) is 1. The molecule has 0 saturated carbocycles. The lowest BCUT2D eigenvalue weighted by molar-refractivity contribution is -0.142. The van der Waals surface area contributed by atoms with E-state index in [9.17, 15) is 9.59 Å². The Hall–Kier alpha value is -3.01. The van der Waals surface area contributed by atoms with Crippen LogP contribution in [0.15, 0.2) is 48.0 Å². The fraction of sp³-hybridized carbons (Fsp3) is 0.105. The highest BCUT2D eigenvalue weighted by Gasteiger charge is 2.14. The summed E-state index contributed by atoms with van der Waals surface area (Å²) in [6, 6.07) is 13.3. The Bertz CT molecular complexity index is 936. The molecule has 0 aliphatic rings. The summed E-state index contributed by atoms with van der Waals surface area (Å²) in [7, 11) is 1.51. The first-order valence-electron chi connectivity index (χ1n) is 7.61. The van der Waals surface area contributed by atoms with Gasteiger partial charge in [-0.25, -0.2) is 4.79 Å². The summed E-state index contributed by atoms with van der Waals surface area (Å²) in [5, 5.41) is 12.1. The van der Waals surface area contributed by atoms with Gasteiger partial charge < -0.3 is 14.8 Å². The van der Waals surface area contributed by atoms with Gasteiger partial charge in [0.2, 0.25) is 0 Å². The van der Waals surface area contributed by atoms with Crippen LogP contribution in [0, 0.1) is 11.3 Å². The Morgan fingerprint density at radius 3 is 2.67 bits per heavy atom. The van der Waals surface area contributed by atoms with E-state index in [1.165, 1.54) is 13.2 Å². The second-order valence-corrected chi connectivity index (χ2v) is 5.96. The summed E-state index contributed by atoms with van der Waals surface area (Å²) in [5.74, 6) is -0.967. The number of carbonyl (C=O) groups excluding carboxylic acids is 2. The zero-order valence-electron chi connectivity index (χ0n) is 14.2. The van der Waals surface area contributed by atoms with Crippen molar-refractivity contribution in [3.05, 3.63) is 63.6 Å². The number of hydrogen-bond donors (Lipinski definition) is 1. The Balaban J connectivity index is 2.00. The summed E-state index contributed by atoms with van der Waals surface area (Å²) in [4.78, 5) is 24.0. The van der Waals surface area contributed by atoms with Gasteiger partial charge >= 0.3 is 5.97 Å². The van der Waals surface area contributed by atoms with Gasteiger partial charge in [0.1, 0.15) is 17.4 Å². The monoisotopic (exact) mass is 404 g/mol. The van der Waals surface area contributed by atoms with Crippen LogP contribution in [0.5, 0.6) is 5.75 Å². The lowest BCUT2D eigenvalue weighted by Crippen LogP contribution is -2.21. The van der Waals surface area contributed by atoms with E-state index in [1.807, 2.05) is 0 Å². The number of anilines is 1. The molecule has 0 fully saturated rings. The van der Waals surface area contributed by atoms with Crippen molar-refractivity contribution in [2.75, 3.05) is 19.0 Å². The molecule has 0 unspecified atom stereocenters. The van der Waals surface area contributed by atoms with Gasteiger partial charge in [-0.1, -0.05) is 41.4 Å². The minimum absolute atomic E-state index is 0.175.